The molecule has 2 amide bonds. The predicted molar refractivity (Wildman–Crippen MR) is 83.8 cm³/mol. The quantitative estimate of drug-likeness (QED) is 0.702. The lowest BCUT2D eigenvalue weighted by molar-refractivity contribution is -0.137. The van der Waals surface area contributed by atoms with Gasteiger partial charge in [-0.3, -0.25) is 9.48 Å². The second kappa shape index (κ2) is 7.29. The number of hydrogen-bond acceptors (Lipinski definition) is 3. The predicted octanol–water partition coefficient (Wildman–Crippen LogP) is 2.17. The number of urea groups is 1. The van der Waals surface area contributed by atoms with E-state index < -0.39 is 5.97 Å². The van der Waals surface area contributed by atoms with Crippen molar-refractivity contribution in [2.75, 3.05) is 6.54 Å². The third kappa shape index (κ3) is 5.38. The molecule has 1 aromatic heterocycles. The lowest BCUT2D eigenvalue weighted by Crippen LogP contribution is -2.37. The number of aromatic nitrogens is 2. The molecule has 0 saturated carbocycles. The van der Waals surface area contributed by atoms with Crippen LogP contribution >= 0.6 is 0 Å². The molecule has 1 rings (SSSR count). The van der Waals surface area contributed by atoms with E-state index in [0.717, 1.165) is 11.3 Å². The van der Waals surface area contributed by atoms with Crippen molar-refractivity contribution in [2.45, 2.75) is 59.0 Å². The Morgan fingerprint density at radius 2 is 2.05 bits per heavy atom. The van der Waals surface area contributed by atoms with Crippen molar-refractivity contribution in [1.29, 1.82) is 0 Å². The Labute approximate surface area is 131 Å². The number of nitrogens with one attached hydrogen (secondary N) is 2. The number of carboxylic acids is 1. The third-order valence-corrected chi connectivity index (χ3v) is 3.29. The summed E-state index contributed by atoms with van der Waals surface area (Å²) in [7, 11) is 0. The van der Waals surface area contributed by atoms with Gasteiger partial charge in [-0.05, 0) is 41.0 Å². The highest BCUT2D eigenvalue weighted by atomic mass is 16.4. The van der Waals surface area contributed by atoms with Crippen molar-refractivity contribution in [1.82, 2.24) is 20.4 Å². The average molecular weight is 310 g/mol. The molecule has 1 unspecified atom stereocenters. The molecule has 124 valence electrons. The number of carbonyl (C=O) groups excluding carboxylic acids is 1. The standard InChI is InChI=1S/C15H26N4O3/c1-10(17-14(22)16-8-6-7-13(20)21)12-9-19(15(3,4)5)18-11(12)2/h9-10H,6-8H2,1-5H3,(H,20,21)(H2,16,17,22). The Balaban J connectivity index is 2.54. The molecule has 0 fully saturated rings. The molecular weight excluding hydrogens is 284 g/mol. The van der Waals surface area contributed by atoms with E-state index in [1.54, 1.807) is 0 Å². The Morgan fingerprint density at radius 1 is 1.41 bits per heavy atom. The number of aliphatic carboxylic acids is 1. The molecular formula is C15H26N4O3. The van der Waals surface area contributed by atoms with Crippen LogP contribution in [0.15, 0.2) is 6.20 Å². The number of hydrogen-bond donors (Lipinski definition) is 3. The van der Waals surface area contributed by atoms with Crippen LogP contribution in [0.2, 0.25) is 0 Å². The Kier molecular flexibility index (Phi) is 5.96. The summed E-state index contributed by atoms with van der Waals surface area (Å²) in [6, 6.07) is -0.476. The van der Waals surface area contributed by atoms with Crippen LogP contribution in [0.4, 0.5) is 4.79 Å². The summed E-state index contributed by atoms with van der Waals surface area (Å²) in [4.78, 5) is 22.2. The summed E-state index contributed by atoms with van der Waals surface area (Å²) < 4.78 is 1.89. The van der Waals surface area contributed by atoms with Crippen molar-refractivity contribution in [3.05, 3.63) is 17.5 Å². The molecule has 0 aliphatic rings. The van der Waals surface area contributed by atoms with Crippen molar-refractivity contribution >= 4 is 12.0 Å². The van der Waals surface area contributed by atoms with Gasteiger partial charge in [0.05, 0.1) is 17.3 Å². The fourth-order valence-corrected chi connectivity index (χ4v) is 2.01. The molecule has 0 aliphatic heterocycles. The van der Waals surface area contributed by atoms with E-state index in [1.807, 2.05) is 24.7 Å². The van der Waals surface area contributed by atoms with Gasteiger partial charge in [-0.15, -0.1) is 0 Å². The molecule has 0 bridgehead atoms. The van der Waals surface area contributed by atoms with E-state index >= 15 is 0 Å². The van der Waals surface area contributed by atoms with Gasteiger partial charge in [-0.1, -0.05) is 0 Å². The van der Waals surface area contributed by atoms with Crippen LogP contribution in [-0.2, 0) is 10.3 Å². The highest BCUT2D eigenvalue weighted by Crippen LogP contribution is 2.20. The topological polar surface area (TPSA) is 96.3 Å². The summed E-state index contributed by atoms with van der Waals surface area (Å²) in [5.74, 6) is -0.860. The molecule has 0 radical (unpaired) electrons. The Morgan fingerprint density at radius 3 is 2.55 bits per heavy atom. The van der Waals surface area contributed by atoms with E-state index in [0.29, 0.717) is 13.0 Å². The van der Waals surface area contributed by atoms with Crippen LogP contribution in [0.1, 0.15) is 57.8 Å². The van der Waals surface area contributed by atoms with Crippen LogP contribution < -0.4 is 10.6 Å². The number of carbonyl (C=O) groups is 2. The van der Waals surface area contributed by atoms with Crippen LogP contribution in [-0.4, -0.2) is 33.4 Å². The second-order valence-corrected chi connectivity index (χ2v) is 6.40. The molecule has 7 heteroatoms. The summed E-state index contributed by atoms with van der Waals surface area (Å²) in [5.41, 5.74) is 1.74. The zero-order chi connectivity index (χ0) is 16.9. The van der Waals surface area contributed by atoms with Gasteiger partial charge in [0.25, 0.3) is 0 Å². The van der Waals surface area contributed by atoms with E-state index in [2.05, 4.69) is 36.5 Å². The molecule has 1 heterocycles. The van der Waals surface area contributed by atoms with Crippen LogP contribution in [0.25, 0.3) is 0 Å². The van der Waals surface area contributed by atoms with Gasteiger partial charge in [0, 0.05) is 24.7 Å². The highest BCUT2D eigenvalue weighted by Gasteiger charge is 2.20. The molecule has 0 aliphatic carbocycles. The van der Waals surface area contributed by atoms with Crippen LogP contribution in [0, 0.1) is 6.92 Å². The maximum absolute atomic E-state index is 11.8. The van der Waals surface area contributed by atoms with Gasteiger partial charge in [-0.2, -0.15) is 5.10 Å². The smallest absolute Gasteiger partial charge is 0.315 e. The molecule has 22 heavy (non-hydrogen) atoms. The minimum absolute atomic E-state index is 0.0489. The molecule has 7 nitrogen and oxygen atoms in total. The van der Waals surface area contributed by atoms with Gasteiger partial charge >= 0.3 is 12.0 Å². The van der Waals surface area contributed by atoms with E-state index in [9.17, 15) is 9.59 Å². The molecule has 1 atom stereocenters. The molecule has 3 N–H and O–H groups in total. The summed E-state index contributed by atoms with van der Waals surface area (Å²) in [6.45, 7) is 10.4. The fraction of sp³-hybridized carbons (Fsp3) is 0.667. The fourth-order valence-electron chi connectivity index (χ4n) is 2.01. The van der Waals surface area contributed by atoms with Gasteiger partial charge < -0.3 is 15.7 Å². The van der Waals surface area contributed by atoms with Crippen LogP contribution in [0.5, 0.6) is 0 Å². The van der Waals surface area contributed by atoms with Crippen molar-refractivity contribution in [2.24, 2.45) is 0 Å². The van der Waals surface area contributed by atoms with Crippen molar-refractivity contribution in [3.8, 4) is 0 Å². The summed E-state index contributed by atoms with van der Waals surface area (Å²) >= 11 is 0. The Bertz CT molecular complexity index is 531. The molecule has 0 saturated heterocycles. The second-order valence-electron chi connectivity index (χ2n) is 6.40. The van der Waals surface area contributed by atoms with Gasteiger partial charge in [0.2, 0.25) is 0 Å². The van der Waals surface area contributed by atoms with Crippen molar-refractivity contribution < 1.29 is 14.7 Å². The Hall–Kier alpha value is -2.05. The van der Waals surface area contributed by atoms with Crippen LogP contribution in [0.3, 0.4) is 0 Å². The number of rotatable bonds is 6. The van der Waals surface area contributed by atoms with Crippen molar-refractivity contribution in [3.63, 3.8) is 0 Å². The van der Waals surface area contributed by atoms with Gasteiger partial charge in [-0.25, -0.2) is 4.79 Å². The minimum atomic E-state index is -0.860. The van der Waals surface area contributed by atoms with Gasteiger partial charge in [0.1, 0.15) is 0 Å². The lowest BCUT2D eigenvalue weighted by atomic mass is 10.1. The van der Waals surface area contributed by atoms with E-state index in [4.69, 9.17) is 5.11 Å². The molecule has 0 aromatic carbocycles. The first-order valence-corrected chi connectivity index (χ1v) is 7.44. The zero-order valence-electron chi connectivity index (χ0n) is 13.9. The van der Waals surface area contributed by atoms with Gasteiger partial charge in [0.15, 0.2) is 0 Å². The number of carboxylic acid groups (broad SMARTS) is 1. The van der Waals surface area contributed by atoms with E-state index in [1.165, 1.54) is 0 Å². The zero-order valence-corrected chi connectivity index (χ0v) is 13.9. The monoisotopic (exact) mass is 310 g/mol. The minimum Gasteiger partial charge on any atom is -0.481 e. The lowest BCUT2D eigenvalue weighted by Gasteiger charge is -2.19. The maximum atomic E-state index is 11.8. The first kappa shape index (κ1) is 18.0. The first-order valence-electron chi connectivity index (χ1n) is 7.44. The molecule has 1 aromatic rings. The maximum Gasteiger partial charge on any atom is 0.315 e. The largest absolute Gasteiger partial charge is 0.481 e. The normalized spacial score (nSPS) is 12.8. The summed E-state index contributed by atoms with van der Waals surface area (Å²) in [6.07, 6.45) is 2.41. The SMILES string of the molecule is Cc1nn(C(C)(C)C)cc1C(C)NC(=O)NCCCC(=O)O. The highest BCUT2D eigenvalue weighted by molar-refractivity contribution is 5.74. The molecule has 0 spiro atoms. The number of amides is 2. The number of aryl methyl sites for hydroxylation is 1. The average Bonchev–Trinajstić information content (AvgIpc) is 2.76. The first-order chi connectivity index (χ1) is 10.1. The van der Waals surface area contributed by atoms with E-state index in [-0.39, 0.29) is 24.0 Å². The summed E-state index contributed by atoms with van der Waals surface area (Å²) in [5, 5.41) is 18.5. The third-order valence-electron chi connectivity index (χ3n) is 3.29. The number of nitrogens with zero attached hydrogens (tertiary/aromatic N) is 2.